The Morgan fingerprint density at radius 2 is 2.10 bits per heavy atom. The number of aliphatic hydroxyl groups excluding tert-OH is 1. The average molecular weight is 314 g/mol. The number of benzene rings is 1. The Morgan fingerprint density at radius 3 is 2.67 bits per heavy atom. The van der Waals surface area contributed by atoms with Crippen LogP contribution in [0.25, 0.3) is 11.1 Å². The molecule has 0 saturated carbocycles. The molecule has 2 rings (SSSR count). The second-order valence-electron chi connectivity index (χ2n) is 5.23. The largest absolute Gasteiger partial charge is 0.419 e. The van der Waals surface area contributed by atoms with Gasteiger partial charge < -0.3 is 9.52 Å². The summed E-state index contributed by atoms with van der Waals surface area (Å²) in [6.07, 6.45) is 0.436. The standard InChI is InChI=1S/C13H18N2O5S/c1-4-13(2,8-16)14-21(18,19)9-5-6-10-11(7-9)20-12(17)15(10)3/h5-7,14,16H,4,8H2,1-3H3. The molecule has 0 spiro atoms. The van der Waals surface area contributed by atoms with Crippen LogP contribution in [0.15, 0.2) is 32.3 Å². The quantitative estimate of drug-likeness (QED) is 0.840. The smallest absolute Gasteiger partial charge is 0.408 e. The first-order chi connectivity index (χ1) is 9.72. The Hall–Kier alpha value is -1.64. The van der Waals surface area contributed by atoms with Crippen LogP contribution < -0.4 is 10.5 Å². The summed E-state index contributed by atoms with van der Waals surface area (Å²) >= 11 is 0. The zero-order chi connectivity index (χ0) is 15.8. The van der Waals surface area contributed by atoms with Crippen LogP contribution >= 0.6 is 0 Å². The van der Waals surface area contributed by atoms with Crippen molar-refractivity contribution in [3.8, 4) is 0 Å². The van der Waals surface area contributed by atoms with Crippen LogP contribution in [0.1, 0.15) is 20.3 Å². The second-order valence-corrected chi connectivity index (χ2v) is 6.92. The number of aromatic nitrogens is 1. The number of aliphatic hydroxyl groups is 1. The van der Waals surface area contributed by atoms with E-state index in [0.29, 0.717) is 11.9 Å². The summed E-state index contributed by atoms with van der Waals surface area (Å²) in [7, 11) is -2.28. The molecule has 116 valence electrons. The molecule has 21 heavy (non-hydrogen) atoms. The number of sulfonamides is 1. The highest BCUT2D eigenvalue weighted by atomic mass is 32.2. The second kappa shape index (κ2) is 5.28. The Balaban J connectivity index is 2.48. The third kappa shape index (κ3) is 2.87. The van der Waals surface area contributed by atoms with Crippen molar-refractivity contribution in [1.82, 2.24) is 9.29 Å². The van der Waals surface area contributed by atoms with Crippen LogP contribution in [0.5, 0.6) is 0 Å². The molecular weight excluding hydrogens is 296 g/mol. The predicted octanol–water partition coefficient (Wildman–Crippen LogP) is 0.571. The van der Waals surface area contributed by atoms with E-state index in [2.05, 4.69) is 4.72 Å². The van der Waals surface area contributed by atoms with E-state index >= 15 is 0 Å². The van der Waals surface area contributed by atoms with E-state index in [1.807, 2.05) is 0 Å². The van der Waals surface area contributed by atoms with E-state index < -0.39 is 21.3 Å². The molecule has 0 bridgehead atoms. The van der Waals surface area contributed by atoms with Crippen molar-refractivity contribution in [2.45, 2.75) is 30.7 Å². The molecule has 2 aromatic rings. The van der Waals surface area contributed by atoms with Crippen molar-refractivity contribution in [1.29, 1.82) is 0 Å². The molecule has 1 aromatic heterocycles. The summed E-state index contributed by atoms with van der Waals surface area (Å²) in [5, 5.41) is 9.32. The van der Waals surface area contributed by atoms with Gasteiger partial charge in [0.1, 0.15) is 0 Å². The molecule has 0 fully saturated rings. The van der Waals surface area contributed by atoms with Gasteiger partial charge in [0.25, 0.3) is 0 Å². The van der Waals surface area contributed by atoms with Crippen molar-refractivity contribution >= 4 is 21.1 Å². The molecule has 0 aliphatic carbocycles. The Bertz CT molecular complexity index is 815. The summed E-state index contributed by atoms with van der Waals surface area (Å²) in [5.74, 6) is -0.554. The van der Waals surface area contributed by atoms with E-state index in [4.69, 9.17) is 4.42 Å². The summed E-state index contributed by atoms with van der Waals surface area (Å²) in [6, 6.07) is 4.20. The minimum absolute atomic E-state index is 0.0162. The van der Waals surface area contributed by atoms with Gasteiger partial charge in [0, 0.05) is 13.1 Å². The Kier molecular flexibility index (Phi) is 3.96. The lowest BCUT2D eigenvalue weighted by molar-refractivity contribution is 0.191. The highest BCUT2D eigenvalue weighted by molar-refractivity contribution is 7.89. The molecule has 8 heteroatoms. The lowest BCUT2D eigenvalue weighted by Gasteiger charge is -2.26. The SMILES string of the molecule is CCC(C)(CO)NS(=O)(=O)c1ccc2c(c1)oc(=O)n2C. The van der Waals surface area contributed by atoms with Gasteiger partial charge in [-0.15, -0.1) is 0 Å². The zero-order valence-electron chi connectivity index (χ0n) is 12.1. The maximum Gasteiger partial charge on any atom is 0.419 e. The fourth-order valence-corrected chi connectivity index (χ4v) is 3.37. The van der Waals surface area contributed by atoms with Crippen LogP contribution in [-0.4, -0.2) is 30.2 Å². The minimum atomic E-state index is -3.82. The third-order valence-electron chi connectivity index (χ3n) is 3.58. The normalized spacial score (nSPS) is 15.2. The van der Waals surface area contributed by atoms with Crippen LogP contribution in [0.2, 0.25) is 0 Å². The van der Waals surface area contributed by atoms with Gasteiger partial charge in [-0.05, 0) is 25.5 Å². The molecule has 2 N–H and O–H groups in total. The maximum atomic E-state index is 12.4. The number of nitrogens with zero attached hydrogens (tertiary/aromatic N) is 1. The molecular formula is C13H18N2O5S. The van der Waals surface area contributed by atoms with Crippen LogP contribution in [0.4, 0.5) is 0 Å². The van der Waals surface area contributed by atoms with Crippen LogP contribution in [0, 0.1) is 0 Å². The fourth-order valence-electron chi connectivity index (χ4n) is 1.88. The molecule has 1 heterocycles. The van der Waals surface area contributed by atoms with Crippen molar-refractivity contribution in [2.24, 2.45) is 7.05 Å². The zero-order valence-corrected chi connectivity index (χ0v) is 12.9. The summed E-state index contributed by atoms with van der Waals surface area (Å²) in [6.45, 7) is 3.08. The van der Waals surface area contributed by atoms with E-state index in [1.165, 1.54) is 22.8 Å². The number of rotatable bonds is 5. The molecule has 7 nitrogen and oxygen atoms in total. The summed E-state index contributed by atoms with van der Waals surface area (Å²) < 4.78 is 33.4. The van der Waals surface area contributed by atoms with Gasteiger partial charge in [-0.25, -0.2) is 17.9 Å². The first kappa shape index (κ1) is 15.7. The van der Waals surface area contributed by atoms with Gasteiger partial charge in [0.05, 0.1) is 22.6 Å². The third-order valence-corrected chi connectivity index (χ3v) is 5.22. The fraction of sp³-hybridized carbons (Fsp3) is 0.462. The van der Waals surface area contributed by atoms with E-state index in [1.54, 1.807) is 20.9 Å². The summed E-state index contributed by atoms with van der Waals surface area (Å²) in [5.41, 5.74) is -0.224. The lowest BCUT2D eigenvalue weighted by atomic mass is 10.0. The van der Waals surface area contributed by atoms with Crippen LogP contribution in [-0.2, 0) is 17.1 Å². The lowest BCUT2D eigenvalue weighted by Crippen LogP contribution is -2.48. The molecule has 0 amide bonds. The molecule has 1 unspecified atom stereocenters. The van der Waals surface area contributed by atoms with Gasteiger partial charge in [-0.2, -0.15) is 0 Å². The Morgan fingerprint density at radius 1 is 1.43 bits per heavy atom. The molecule has 0 saturated heterocycles. The number of hydrogen-bond acceptors (Lipinski definition) is 5. The van der Waals surface area contributed by atoms with Gasteiger partial charge in [-0.1, -0.05) is 6.92 Å². The van der Waals surface area contributed by atoms with Crippen molar-refractivity contribution in [2.75, 3.05) is 6.61 Å². The number of hydrogen-bond donors (Lipinski definition) is 2. The number of fused-ring (bicyclic) bond motifs is 1. The van der Waals surface area contributed by atoms with E-state index in [-0.39, 0.29) is 17.1 Å². The first-order valence-electron chi connectivity index (χ1n) is 6.47. The highest BCUT2D eigenvalue weighted by Crippen LogP contribution is 2.20. The van der Waals surface area contributed by atoms with Crippen LogP contribution in [0.3, 0.4) is 0 Å². The van der Waals surface area contributed by atoms with Crippen molar-refractivity contribution in [3.63, 3.8) is 0 Å². The molecule has 0 aliphatic heterocycles. The number of oxazole rings is 1. The molecule has 1 atom stereocenters. The first-order valence-corrected chi connectivity index (χ1v) is 7.95. The van der Waals surface area contributed by atoms with Crippen molar-refractivity contribution < 1.29 is 17.9 Å². The molecule has 0 aliphatic rings. The van der Waals surface area contributed by atoms with Gasteiger partial charge in [0.2, 0.25) is 10.0 Å². The highest BCUT2D eigenvalue weighted by Gasteiger charge is 2.28. The van der Waals surface area contributed by atoms with Gasteiger partial charge in [0.15, 0.2) is 5.58 Å². The number of nitrogens with one attached hydrogen (secondary N) is 1. The van der Waals surface area contributed by atoms with Gasteiger partial charge >= 0.3 is 5.76 Å². The minimum Gasteiger partial charge on any atom is -0.408 e. The van der Waals surface area contributed by atoms with Crippen molar-refractivity contribution in [3.05, 3.63) is 28.7 Å². The molecule has 0 radical (unpaired) electrons. The monoisotopic (exact) mass is 314 g/mol. The van der Waals surface area contributed by atoms with E-state index in [0.717, 1.165) is 0 Å². The topological polar surface area (TPSA) is 102 Å². The molecule has 1 aromatic carbocycles. The summed E-state index contributed by atoms with van der Waals surface area (Å²) in [4.78, 5) is 11.4. The Labute approximate surface area is 122 Å². The van der Waals surface area contributed by atoms with E-state index in [9.17, 15) is 18.3 Å². The van der Waals surface area contributed by atoms with Gasteiger partial charge in [-0.3, -0.25) is 4.57 Å². The maximum absolute atomic E-state index is 12.4. The number of aryl methyl sites for hydroxylation is 1. The average Bonchev–Trinajstić information content (AvgIpc) is 2.73. The predicted molar refractivity (Wildman–Crippen MR) is 77.6 cm³/mol.